The molecule has 0 radical (unpaired) electrons. The molecule has 3 aromatic rings. The Hall–Kier alpha value is -2.57. The minimum absolute atomic E-state index is 0.0912. The van der Waals surface area contributed by atoms with E-state index in [9.17, 15) is 4.79 Å². The van der Waals surface area contributed by atoms with E-state index in [-0.39, 0.29) is 12.2 Å². The molecule has 7 heteroatoms. The highest BCUT2D eigenvalue weighted by Crippen LogP contribution is 2.19. The lowest BCUT2D eigenvalue weighted by Gasteiger charge is -2.09. The van der Waals surface area contributed by atoms with Gasteiger partial charge in [0.15, 0.2) is 5.58 Å². The zero-order chi connectivity index (χ0) is 14.4. The number of benzene rings is 1. The number of hydrogen-bond donors (Lipinski definition) is 1. The van der Waals surface area contributed by atoms with Gasteiger partial charge in [0.1, 0.15) is 17.9 Å². The van der Waals surface area contributed by atoms with Gasteiger partial charge in [-0.05, 0) is 25.0 Å². The molecule has 0 spiro atoms. The fourth-order valence-electron chi connectivity index (χ4n) is 2.74. The second-order valence-corrected chi connectivity index (χ2v) is 5.30. The molecule has 0 atom stereocenters. The number of oxazole rings is 1. The van der Waals surface area contributed by atoms with Crippen molar-refractivity contribution in [2.75, 3.05) is 5.73 Å². The molecule has 0 aliphatic carbocycles. The van der Waals surface area contributed by atoms with E-state index in [1.807, 2.05) is 0 Å². The van der Waals surface area contributed by atoms with Crippen LogP contribution in [0.3, 0.4) is 0 Å². The molecule has 7 nitrogen and oxygen atoms in total. The van der Waals surface area contributed by atoms with Gasteiger partial charge < -0.3 is 10.2 Å². The van der Waals surface area contributed by atoms with E-state index in [0.717, 1.165) is 37.1 Å². The van der Waals surface area contributed by atoms with Crippen LogP contribution in [0.25, 0.3) is 11.1 Å². The van der Waals surface area contributed by atoms with Crippen molar-refractivity contribution < 1.29 is 4.42 Å². The highest BCUT2D eigenvalue weighted by atomic mass is 16.3. The van der Waals surface area contributed by atoms with Crippen LogP contribution < -0.4 is 11.4 Å². The van der Waals surface area contributed by atoms with Gasteiger partial charge in [-0.15, -0.1) is 0 Å². The van der Waals surface area contributed by atoms with E-state index >= 15 is 0 Å². The highest BCUT2D eigenvalue weighted by Gasteiger charge is 2.18. The molecular formula is C14H15N5O2. The van der Waals surface area contributed by atoms with Crippen LogP contribution >= 0.6 is 0 Å². The van der Waals surface area contributed by atoms with Gasteiger partial charge in [-0.3, -0.25) is 4.57 Å². The Labute approximate surface area is 120 Å². The topological polar surface area (TPSA) is 91.9 Å². The summed E-state index contributed by atoms with van der Waals surface area (Å²) in [5, 5.41) is 4.38. The van der Waals surface area contributed by atoms with Gasteiger partial charge in [0.05, 0.1) is 0 Å². The van der Waals surface area contributed by atoms with Gasteiger partial charge in [-0.1, -0.05) is 0 Å². The Kier molecular flexibility index (Phi) is 2.60. The molecular weight excluding hydrogens is 270 g/mol. The maximum atomic E-state index is 12.3. The first-order chi connectivity index (χ1) is 10.2. The molecule has 0 amide bonds. The lowest BCUT2D eigenvalue weighted by Crippen LogP contribution is -2.27. The SMILES string of the molecule is Nc1ccc2nc(Cn3nc4n(c3=O)CCCC4)oc2c1. The molecule has 0 fully saturated rings. The summed E-state index contributed by atoms with van der Waals surface area (Å²) < 4.78 is 8.81. The van der Waals surface area contributed by atoms with Crippen LogP contribution in [0.5, 0.6) is 0 Å². The number of nitrogens with zero attached hydrogens (tertiary/aromatic N) is 4. The number of nitrogen functional groups attached to an aromatic ring is 1. The van der Waals surface area contributed by atoms with Crippen molar-refractivity contribution in [2.24, 2.45) is 0 Å². The average Bonchev–Trinajstić information content (AvgIpc) is 3.01. The van der Waals surface area contributed by atoms with Crippen molar-refractivity contribution in [3.05, 3.63) is 40.4 Å². The first-order valence-corrected chi connectivity index (χ1v) is 7.02. The maximum Gasteiger partial charge on any atom is 0.346 e. The number of aryl methyl sites for hydroxylation is 1. The average molecular weight is 285 g/mol. The lowest BCUT2D eigenvalue weighted by atomic mass is 10.2. The molecule has 1 aliphatic rings. The molecule has 0 saturated heterocycles. The van der Waals surface area contributed by atoms with Crippen molar-refractivity contribution >= 4 is 16.8 Å². The van der Waals surface area contributed by atoms with Crippen LogP contribution in [0.1, 0.15) is 24.6 Å². The monoisotopic (exact) mass is 285 g/mol. The van der Waals surface area contributed by atoms with Crippen LogP contribution in [0, 0.1) is 0 Å². The van der Waals surface area contributed by atoms with Crippen molar-refractivity contribution in [1.82, 2.24) is 19.3 Å². The number of anilines is 1. The van der Waals surface area contributed by atoms with E-state index in [1.165, 1.54) is 4.68 Å². The summed E-state index contributed by atoms with van der Waals surface area (Å²) in [6, 6.07) is 5.31. The van der Waals surface area contributed by atoms with Gasteiger partial charge >= 0.3 is 5.69 Å². The molecule has 2 aromatic heterocycles. The molecule has 0 bridgehead atoms. The van der Waals surface area contributed by atoms with Crippen LogP contribution in [-0.2, 0) is 19.5 Å². The molecule has 4 rings (SSSR count). The fraction of sp³-hybridized carbons (Fsp3) is 0.357. The number of rotatable bonds is 2. The summed E-state index contributed by atoms with van der Waals surface area (Å²) in [6.45, 7) is 0.992. The number of hydrogen-bond acceptors (Lipinski definition) is 5. The molecule has 2 N–H and O–H groups in total. The zero-order valence-electron chi connectivity index (χ0n) is 11.5. The van der Waals surface area contributed by atoms with Gasteiger partial charge in [-0.2, -0.15) is 5.10 Å². The Morgan fingerprint density at radius 1 is 1.33 bits per heavy atom. The third-order valence-corrected chi connectivity index (χ3v) is 3.77. The largest absolute Gasteiger partial charge is 0.439 e. The third kappa shape index (κ3) is 2.01. The maximum absolute atomic E-state index is 12.3. The molecule has 0 unspecified atom stereocenters. The predicted molar refractivity (Wildman–Crippen MR) is 76.9 cm³/mol. The lowest BCUT2D eigenvalue weighted by molar-refractivity contribution is 0.481. The minimum Gasteiger partial charge on any atom is -0.439 e. The van der Waals surface area contributed by atoms with Crippen molar-refractivity contribution in [2.45, 2.75) is 32.4 Å². The summed E-state index contributed by atoms with van der Waals surface area (Å²) in [5.74, 6) is 1.32. The molecule has 3 heterocycles. The van der Waals surface area contributed by atoms with Gasteiger partial charge in [-0.25, -0.2) is 14.5 Å². The van der Waals surface area contributed by atoms with E-state index < -0.39 is 0 Å². The fourth-order valence-corrected chi connectivity index (χ4v) is 2.74. The summed E-state index contributed by atoms with van der Waals surface area (Å²) in [4.78, 5) is 16.6. The van der Waals surface area contributed by atoms with E-state index in [4.69, 9.17) is 10.2 Å². The van der Waals surface area contributed by atoms with Gasteiger partial charge in [0.25, 0.3) is 0 Å². The molecule has 1 aliphatic heterocycles. The summed E-state index contributed by atoms with van der Waals surface area (Å²) >= 11 is 0. The number of aromatic nitrogens is 4. The van der Waals surface area contributed by atoms with Crippen molar-refractivity contribution in [3.8, 4) is 0 Å². The second kappa shape index (κ2) is 4.47. The van der Waals surface area contributed by atoms with Crippen LogP contribution in [0.4, 0.5) is 5.69 Å². The van der Waals surface area contributed by atoms with Crippen LogP contribution in [-0.4, -0.2) is 19.3 Å². The van der Waals surface area contributed by atoms with Crippen molar-refractivity contribution in [1.29, 1.82) is 0 Å². The number of fused-ring (bicyclic) bond motifs is 2. The van der Waals surface area contributed by atoms with E-state index in [0.29, 0.717) is 17.2 Å². The van der Waals surface area contributed by atoms with Gasteiger partial charge in [0.2, 0.25) is 5.89 Å². The summed E-state index contributed by atoms with van der Waals surface area (Å²) in [5.41, 5.74) is 7.61. The quantitative estimate of drug-likeness (QED) is 0.713. The minimum atomic E-state index is -0.0912. The van der Waals surface area contributed by atoms with Gasteiger partial charge in [0, 0.05) is 24.7 Å². The molecule has 21 heavy (non-hydrogen) atoms. The Morgan fingerprint density at radius 2 is 2.24 bits per heavy atom. The predicted octanol–water partition coefficient (Wildman–Crippen LogP) is 1.15. The molecule has 1 aromatic carbocycles. The van der Waals surface area contributed by atoms with E-state index in [2.05, 4.69) is 10.1 Å². The van der Waals surface area contributed by atoms with E-state index in [1.54, 1.807) is 22.8 Å². The first-order valence-electron chi connectivity index (χ1n) is 7.02. The highest BCUT2D eigenvalue weighted by molar-refractivity contribution is 5.76. The van der Waals surface area contributed by atoms with Crippen molar-refractivity contribution in [3.63, 3.8) is 0 Å². The zero-order valence-corrected chi connectivity index (χ0v) is 11.5. The Bertz CT molecular complexity index is 873. The van der Waals surface area contributed by atoms with Crippen LogP contribution in [0.2, 0.25) is 0 Å². The standard InChI is InChI=1S/C14H15N5O2/c15-9-4-5-10-11(7-9)21-13(16-10)8-19-14(20)18-6-2-1-3-12(18)17-19/h4-5,7H,1-3,6,8,15H2. The summed E-state index contributed by atoms with van der Waals surface area (Å²) in [6.07, 6.45) is 2.96. The normalized spacial score (nSPS) is 14.5. The molecule has 0 saturated carbocycles. The smallest absolute Gasteiger partial charge is 0.346 e. The van der Waals surface area contributed by atoms with Crippen LogP contribution in [0.15, 0.2) is 27.4 Å². The second-order valence-electron chi connectivity index (χ2n) is 5.30. The first kappa shape index (κ1) is 12.2. The third-order valence-electron chi connectivity index (χ3n) is 3.77. The summed E-state index contributed by atoms with van der Waals surface area (Å²) in [7, 11) is 0. The Balaban J connectivity index is 1.71. The number of nitrogens with two attached hydrogens (primary N) is 1. The Morgan fingerprint density at radius 3 is 3.10 bits per heavy atom. The molecule has 108 valence electrons.